The van der Waals surface area contributed by atoms with Crippen LogP contribution >= 0.6 is 0 Å². The van der Waals surface area contributed by atoms with Gasteiger partial charge in [0.1, 0.15) is 10.6 Å². The lowest BCUT2D eigenvalue weighted by atomic mass is 9.83. The third-order valence-electron chi connectivity index (χ3n) is 4.92. The molecule has 1 spiro atoms. The maximum absolute atomic E-state index is 12.9. The van der Waals surface area contributed by atoms with Gasteiger partial charge in [-0.2, -0.15) is 0 Å². The second kappa shape index (κ2) is 5.91. The summed E-state index contributed by atoms with van der Waals surface area (Å²) in [4.78, 5) is 2.12. The van der Waals surface area contributed by atoms with Crippen LogP contribution in [0.3, 0.4) is 0 Å². The van der Waals surface area contributed by atoms with Gasteiger partial charge in [0.2, 0.25) is 0 Å². The summed E-state index contributed by atoms with van der Waals surface area (Å²) in [6.07, 6.45) is 0.701. The number of halogens is 1. The Morgan fingerprint density at radius 1 is 1.32 bits per heavy atom. The fourth-order valence-electron chi connectivity index (χ4n) is 3.64. The number of likely N-dealkylation sites (tertiary alicyclic amines) is 1. The second-order valence-corrected chi connectivity index (χ2v) is 8.75. The number of hydrogen-bond acceptors (Lipinski definition) is 4. The highest BCUT2D eigenvalue weighted by atomic mass is 32.2. The van der Waals surface area contributed by atoms with Crippen LogP contribution in [0.25, 0.3) is 0 Å². The predicted octanol–water partition coefficient (Wildman–Crippen LogP) is 1.85. The highest BCUT2D eigenvalue weighted by Crippen LogP contribution is 2.45. The molecule has 2 fully saturated rings. The first kappa shape index (κ1) is 15.9. The Morgan fingerprint density at radius 3 is 2.64 bits per heavy atom. The van der Waals surface area contributed by atoms with Gasteiger partial charge in [-0.1, -0.05) is 12.1 Å². The molecule has 0 aromatic heterocycles. The van der Waals surface area contributed by atoms with E-state index in [9.17, 15) is 12.8 Å². The Labute approximate surface area is 131 Å². The monoisotopic (exact) mass is 327 g/mol. The first-order valence-corrected chi connectivity index (χ1v) is 9.39. The van der Waals surface area contributed by atoms with Gasteiger partial charge >= 0.3 is 0 Å². The molecule has 3 rings (SSSR count). The molecule has 2 aliphatic rings. The summed E-state index contributed by atoms with van der Waals surface area (Å²) >= 11 is 0. The van der Waals surface area contributed by atoms with Crippen molar-refractivity contribution in [2.24, 2.45) is 5.92 Å². The quantitative estimate of drug-likeness (QED) is 0.828. The lowest BCUT2D eigenvalue weighted by Gasteiger charge is -2.50. The Morgan fingerprint density at radius 2 is 2.00 bits per heavy atom. The van der Waals surface area contributed by atoms with E-state index in [2.05, 4.69) is 4.90 Å². The molecule has 0 radical (unpaired) electrons. The molecule has 0 aliphatic carbocycles. The fraction of sp³-hybridized carbons (Fsp3) is 0.625. The molecule has 22 heavy (non-hydrogen) atoms. The lowest BCUT2D eigenvalue weighted by Crippen LogP contribution is -2.67. The van der Waals surface area contributed by atoms with Crippen molar-refractivity contribution in [1.29, 1.82) is 0 Å². The topological polar surface area (TPSA) is 46.6 Å². The van der Waals surface area contributed by atoms with Crippen LogP contribution in [0.1, 0.15) is 18.9 Å². The maximum atomic E-state index is 12.9. The Bertz CT molecular complexity index is 623. The standard InChI is InChI=1S/C16H22FNO3S/c1-2-21-10-14-7-8-22(19,20)16(14)11-18(12-16)9-13-3-5-15(17)6-4-13/h3-6,14H,2,7-12H2,1H3. The highest BCUT2D eigenvalue weighted by molar-refractivity contribution is 7.93. The molecule has 6 heteroatoms. The predicted molar refractivity (Wildman–Crippen MR) is 82.8 cm³/mol. The number of nitrogens with zero attached hydrogens (tertiary/aromatic N) is 1. The van der Waals surface area contributed by atoms with Gasteiger partial charge in [0.15, 0.2) is 9.84 Å². The zero-order valence-electron chi connectivity index (χ0n) is 12.8. The number of rotatable bonds is 5. The van der Waals surface area contributed by atoms with Crippen molar-refractivity contribution < 1.29 is 17.5 Å². The van der Waals surface area contributed by atoms with E-state index >= 15 is 0 Å². The molecule has 2 saturated heterocycles. The molecule has 1 aromatic carbocycles. The van der Waals surface area contributed by atoms with Crippen molar-refractivity contribution in [3.63, 3.8) is 0 Å². The molecule has 0 saturated carbocycles. The van der Waals surface area contributed by atoms with Crippen molar-refractivity contribution in [3.8, 4) is 0 Å². The van der Waals surface area contributed by atoms with Crippen LogP contribution in [0.15, 0.2) is 24.3 Å². The third kappa shape index (κ3) is 2.68. The third-order valence-corrected chi connectivity index (χ3v) is 7.53. The SMILES string of the molecule is CCOCC1CCS(=O)(=O)C12CN(Cc1ccc(F)cc1)C2. The van der Waals surface area contributed by atoms with Gasteiger partial charge < -0.3 is 4.74 Å². The molecular formula is C16H22FNO3S. The van der Waals surface area contributed by atoms with Crippen LogP contribution in [0, 0.1) is 11.7 Å². The van der Waals surface area contributed by atoms with Gasteiger partial charge in [-0.05, 0) is 31.0 Å². The van der Waals surface area contributed by atoms with E-state index in [1.54, 1.807) is 12.1 Å². The summed E-state index contributed by atoms with van der Waals surface area (Å²) in [6.45, 7) is 4.86. The molecule has 0 N–H and O–H groups in total. The number of ether oxygens (including phenoxy) is 1. The van der Waals surface area contributed by atoms with Crippen molar-refractivity contribution >= 4 is 9.84 Å². The van der Waals surface area contributed by atoms with Crippen LogP contribution in [0.2, 0.25) is 0 Å². The summed E-state index contributed by atoms with van der Waals surface area (Å²) < 4.78 is 42.7. The molecule has 1 aromatic rings. The summed E-state index contributed by atoms with van der Waals surface area (Å²) in [6, 6.07) is 6.38. The average molecular weight is 327 g/mol. The molecule has 1 atom stereocenters. The Hall–Kier alpha value is -0.980. The van der Waals surface area contributed by atoms with Crippen molar-refractivity contribution in [2.45, 2.75) is 24.6 Å². The van der Waals surface area contributed by atoms with E-state index in [1.807, 2.05) is 6.92 Å². The second-order valence-electron chi connectivity index (χ2n) is 6.30. The van der Waals surface area contributed by atoms with Crippen LogP contribution in [-0.4, -0.2) is 50.1 Å². The largest absolute Gasteiger partial charge is 0.381 e. The average Bonchev–Trinajstić information content (AvgIpc) is 2.70. The Kier molecular flexibility index (Phi) is 4.27. The highest BCUT2D eigenvalue weighted by Gasteiger charge is 2.61. The molecule has 2 heterocycles. The molecule has 4 nitrogen and oxygen atoms in total. The van der Waals surface area contributed by atoms with Gasteiger partial charge in [-0.15, -0.1) is 0 Å². The van der Waals surface area contributed by atoms with Gasteiger partial charge in [-0.25, -0.2) is 12.8 Å². The smallest absolute Gasteiger partial charge is 0.158 e. The van der Waals surface area contributed by atoms with Crippen molar-refractivity contribution in [1.82, 2.24) is 4.90 Å². The minimum Gasteiger partial charge on any atom is -0.381 e. The van der Waals surface area contributed by atoms with Gasteiger partial charge in [0.05, 0.1) is 12.4 Å². The van der Waals surface area contributed by atoms with Gasteiger partial charge in [-0.3, -0.25) is 4.90 Å². The number of hydrogen-bond donors (Lipinski definition) is 0. The molecule has 2 aliphatic heterocycles. The summed E-state index contributed by atoms with van der Waals surface area (Å²) in [5.74, 6) is 0.121. The van der Waals surface area contributed by atoms with Gasteiger partial charge in [0.25, 0.3) is 0 Å². The maximum Gasteiger partial charge on any atom is 0.158 e. The van der Waals surface area contributed by atoms with Crippen LogP contribution in [0.4, 0.5) is 4.39 Å². The zero-order valence-corrected chi connectivity index (χ0v) is 13.6. The molecule has 1 unspecified atom stereocenters. The Balaban J connectivity index is 1.66. The minimum absolute atomic E-state index is 0.0990. The van der Waals surface area contributed by atoms with Crippen LogP contribution in [0.5, 0.6) is 0 Å². The summed E-state index contributed by atoms with van der Waals surface area (Å²) in [5, 5.41) is 0. The number of benzene rings is 1. The van der Waals surface area contributed by atoms with Crippen molar-refractivity contribution in [2.75, 3.05) is 32.1 Å². The fourth-order valence-corrected chi connectivity index (χ4v) is 6.09. The number of sulfone groups is 1. The van der Waals surface area contributed by atoms with E-state index in [0.29, 0.717) is 39.3 Å². The molecule has 0 amide bonds. The van der Waals surface area contributed by atoms with E-state index in [-0.39, 0.29) is 17.5 Å². The first-order chi connectivity index (χ1) is 10.5. The summed E-state index contributed by atoms with van der Waals surface area (Å²) in [5.41, 5.74) is 1.01. The zero-order chi connectivity index (χ0) is 15.8. The van der Waals surface area contributed by atoms with Crippen molar-refractivity contribution in [3.05, 3.63) is 35.6 Å². The van der Waals surface area contributed by atoms with Crippen LogP contribution < -0.4 is 0 Å². The first-order valence-electron chi connectivity index (χ1n) is 7.74. The summed E-state index contributed by atoms with van der Waals surface area (Å²) in [7, 11) is -3.04. The minimum atomic E-state index is -3.04. The molecule has 0 bridgehead atoms. The molecular weight excluding hydrogens is 305 g/mol. The molecule has 122 valence electrons. The van der Waals surface area contributed by atoms with E-state index in [0.717, 1.165) is 5.56 Å². The van der Waals surface area contributed by atoms with E-state index < -0.39 is 14.6 Å². The van der Waals surface area contributed by atoms with Gasteiger partial charge in [0, 0.05) is 32.2 Å². The van der Waals surface area contributed by atoms with Crippen LogP contribution in [-0.2, 0) is 21.1 Å². The lowest BCUT2D eigenvalue weighted by molar-refractivity contribution is 0.0292. The van der Waals surface area contributed by atoms with E-state index in [4.69, 9.17) is 4.74 Å². The van der Waals surface area contributed by atoms with E-state index in [1.165, 1.54) is 12.1 Å². The normalized spacial score (nSPS) is 26.2.